The summed E-state index contributed by atoms with van der Waals surface area (Å²) in [6.45, 7) is 5.79. The topological polar surface area (TPSA) is 59.0 Å². The Hall–Kier alpha value is -2.14. The van der Waals surface area contributed by atoms with Crippen molar-refractivity contribution in [3.8, 4) is 0 Å². The summed E-state index contributed by atoms with van der Waals surface area (Å²) in [7, 11) is 0. The molecule has 0 aliphatic carbocycles. The molecule has 134 valence electrons. The Morgan fingerprint density at radius 2 is 2.16 bits per heavy atom. The van der Waals surface area contributed by atoms with E-state index in [4.69, 9.17) is 0 Å². The molecule has 25 heavy (non-hydrogen) atoms. The van der Waals surface area contributed by atoms with Gasteiger partial charge in [0.15, 0.2) is 0 Å². The number of carbonyl (C=O) groups is 1. The summed E-state index contributed by atoms with van der Waals surface area (Å²) in [5, 5.41) is 10.7. The minimum atomic E-state index is -0.0332. The van der Waals surface area contributed by atoms with Gasteiger partial charge < -0.3 is 10.6 Å². The molecule has 1 atom stereocenters. The third-order valence-electron chi connectivity index (χ3n) is 4.73. The zero-order chi connectivity index (χ0) is 17.5. The lowest BCUT2D eigenvalue weighted by Gasteiger charge is -2.22. The highest BCUT2D eigenvalue weighted by Crippen LogP contribution is 2.17. The fraction of sp³-hybridized carbons (Fsp3) is 0.500. The van der Waals surface area contributed by atoms with Gasteiger partial charge in [-0.3, -0.25) is 9.48 Å². The molecule has 2 N–H and O–H groups in total. The van der Waals surface area contributed by atoms with Crippen LogP contribution in [0, 0.1) is 5.92 Å². The standard InChI is InChI=1S/C20H28N4O/c1-2-10-24-15-18(14-23-24)13-22-20(25)19-7-5-16(6-8-19)11-17-4-3-9-21-12-17/h5-8,14-15,17,21H,2-4,9-13H2,1H3,(H,22,25)/t17-/m0/s1. The molecule has 1 aromatic heterocycles. The second-order valence-electron chi connectivity index (χ2n) is 6.91. The molecule has 5 heteroatoms. The van der Waals surface area contributed by atoms with Crippen LogP contribution in [-0.4, -0.2) is 28.8 Å². The van der Waals surface area contributed by atoms with Crippen LogP contribution in [-0.2, 0) is 19.5 Å². The average Bonchev–Trinajstić information content (AvgIpc) is 3.09. The van der Waals surface area contributed by atoms with Crippen molar-refractivity contribution >= 4 is 5.91 Å². The summed E-state index contributed by atoms with van der Waals surface area (Å²) in [6.07, 6.45) is 8.51. The summed E-state index contributed by atoms with van der Waals surface area (Å²) in [6, 6.07) is 8.04. The van der Waals surface area contributed by atoms with Gasteiger partial charge in [-0.25, -0.2) is 0 Å². The van der Waals surface area contributed by atoms with Crippen LogP contribution in [0.25, 0.3) is 0 Å². The summed E-state index contributed by atoms with van der Waals surface area (Å²) in [5.41, 5.74) is 3.06. The molecule has 2 aromatic rings. The maximum absolute atomic E-state index is 12.3. The van der Waals surface area contributed by atoms with E-state index in [2.05, 4.69) is 34.8 Å². The van der Waals surface area contributed by atoms with Crippen molar-refractivity contribution in [3.63, 3.8) is 0 Å². The normalized spacial score (nSPS) is 17.4. The first kappa shape index (κ1) is 17.7. The van der Waals surface area contributed by atoms with Crippen LogP contribution in [0.3, 0.4) is 0 Å². The molecule has 0 saturated carbocycles. The Kier molecular flexibility index (Phi) is 6.23. The van der Waals surface area contributed by atoms with Gasteiger partial charge in [-0.2, -0.15) is 5.10 Å². The number of nitrogens with zero attached hydrogens (tertiary/aromatic N) is 2. The molecule has 1 aliphatic rings. The quantitative estimate of drug-likeness (QED) is 0.815. The summed E-state index contributed by atoms with van der Waals surface area (Å²) in [5.74, 6) is 0.683. The molecule has 3 rings (SSSR count). The van der Waals surface area contributed by atoms with E-state index in [0.717, 1.165) is 38.0 Å². The maximum Gasteiger partial charge on any atom is 0.251 e. The Bertz CT molecular complexity index is 671. The minimum absolute atomic E-state index is 0.0332. The molecule has 1 saturated heterocycles. The Morgan fingerprint density at radius 1 is 1.32 bits per heavy atom. The molecule has 1 amide bonds. The van der Waals surface area contributed by atoms with E-state index >= 15 is 0 Å². The van der Waals surface area contributed by atoms with Crippen molar-refractivity contribution in [1.29, 1.82) is 0 Å². The van der Waals surface area contributed by atoms with Gasteiger partial charge in [0, 0.05) is 30.4 Å². The second kappa shape index (κ2) is 8.81. The number of nitrogens with one attached hydrogen (secondary N) is 2. The predicted octanol–water partition coefficient (Wildman–Crippen LogP) is 2.77. The minimum Gasteiger partial charge on any atom is -0.348 e. The van der Waals surface area contributed by atoms with Crippen LogP contribution in [0.4, 0.5) is 0 Å². The number of rotatable bonds is 7. The van der Waals surface area contributed by atoms with E-state index in [0.29, 0.717) is 18.0 Å². The number of hydrogen-bond acceptors (Lipinski definition) is 3. The molecule has 5 nitrogen and oxygen atoms in total. The number of hydrogen-bond donors (Lipinski definition) is 2. The van der Waals surface area contributed by atoms with E-state index in [1.807, 2.05) is 29.2 Å². The van der Waals surface area contributed by atoms with Gasteiger partial charge in [0.1, 0.15) is 0 Å². The van der Waals surface area contributed by atoms with Crippen molar-refractivity contribution in [2.45, 2.75) is 45.7 Å². The van der Waals surface area contributed by atoms with Crippen LogP contribution < -0.4 is 10.6 Å². The molecule has 1 aliphatic heterocycles. The number of amides is 1. The van der Waals surface area contributed by atoms with Crippen LogP contribution in [0.15, 0.2) is 36.7 Å². The molecule has 1 aromatic carbocycles. The van der Waals surface area contributed by atoms with Crippen molar-refractivity contribution in [1.82, 2.24) is 20.4 Å². The number of carbonyl (C=O) groups excluding carboxylic acids is 1. The Balaban J connectivity index is 1.49. The zero-order valence-corrected chi connectivity index (χ0v) is 15.0. The molecule has 0 spiro atoms. The lowest BCUT2D eigenvalue weighted by atomic mass is 9.92. The number of piperidine rings is 1. The van der Waals surface area contributed by atoms with Crippen LogP contribution >= 0.6 is 0 Å². The predicted molar refractivity (Wildman–Crippen MR) is 99.4 cm³/mol. The largest absolute Gasteiger partial charge is 0.348 e. The van der Waals surface area contributed by atoms with Crippen LogP contribution in [0.2, 0.25) is 0 Å². The maximum atomic E-state index is 12.3. The summed E-state index contributed by atoms with van der Waals surface area (Å²) in [4.78, 5) is 12.3. The van der Waals surface area contributed by atoms with E-state index < -0.39 is 0 Å². The van der Waals surface area contributed by atoms with E-state index in [9.17, 15) is 4.79 Å². The summed E-state index contributed by atoms with van der Waals surface area (Å²) >= 11 is 0. The fourth-order valence-corrected chi connectivity index (χ4v) is 3.36. The molecule has 1 fully saturated rings. The van der Waals surface area contributed by atoms with Crippen molar-refractivity contribution < 1.29 is 4.79 Å². The Morgan fingerprint density at radius 3 is 2.88 bits per heavy atom. The number of benzene rings is 1. The summed E-state index contributed by atoms with van der Waals surface area (Å²) < 4.78 is 1.91. The third-order valence-corrected chi connectivity index (χ3v) is 4.73. The highest BCUT2D eigenvalue weighted by Gasteiger charge is 2.14. The number of aromatic nitrogens is 2. The monoisotopic (exact) mass is 340 g/mol. The third kappa shape index (κ3) is 5.16. The van der Waals surface area contributed by atoms with Gasteiger partial charge >= 0.3 is 0 Å². The first-order valence-corrected chi connectivity index (χ1v) is 9.34. The van der Waals surface area contributed by atoms with Gasteiger partial charge in [-0.1, -0.05) is 19.1 Å². The highest BCUT2D eigenvalue weighted by atomic mass is 16.1. The zero-order valence-electron chi connectivity index (χ0n) is 15.0. The van der Waals surface area contributed by atoms with Gasteiger partial charge in [-0.15, -0.1) is 0 Å². The smallest absolute Gasteiger partial charge is 0.251 e. The fourth-order valence-electron chi connectivity index (χ4n) is 3.36. The highest BCUT2D eigenvalue weighted by molar-refractivity contribution is 5.94. The molecule has 0 radical (unpaired) electrons. The Labute approximate surface area is 149 Å². The van der Waals surface area contributed by atoms with Gasteiger partial charge in [0.25, 0.3) is 5.91 Å². The van der Waals surface area contributed by atoms with E-state index in [1.165, 1.54) is 18.4 Å². The van der Waals surface area contributed by atoms with Gasteiger partial charge in [-0.05, 0) is 62.4 Å². The van der Waals surface area contributed by atoms with Gasteiger partial charge in [0.2, 0.25) is 0 Å². The average molecular weight is 340 g/mol. The molecule has 0 unspecified atom stereocenters. The molecule has 2 heterocycles. The van der Waals surface area contributed by atoms with Crippen molar-refractivity contribution in [3.05, 3.63) is 53.3 Å². The van der Waals surface area contributed by atoms with Crippen molar-refractivity contribution in [2.75, 3.05) is 13.1 Å². The molecule has 0 bridgehead atoms. The van der Waals surface area contributed by atoms with E-state index in [1.54, 1.807) is 0 Å². The first-order chi connectivity index (χ1) is 12.2. The molecular weight excluding hydrogens is 312 g/mol. The first-order valence-electron chi connectivity index (χ1n) is 9.34. The van der Waals surface area contributed by atoms with Crippen molar-refractivity contribution in [2.24, 2.45) is 5.92 Å². The SMILES string of the molecule is CCCn1cc(CNC(=O)c2ccc(C[C@@H]3CCCNC3)cc2)cn1. The lowest BCUT2D eigenvalue weighted by molar-refractivity contribution is 0.0951. The lowest BCUT2D eigenvalue weighted by Crippen LogP contribution is -2.30. The van der Waals surface area contributed by atoms with Crippen LogP contribution in [0.1, 0.15) is 47.7 Å². The van der Waals surface area contributed by atoms with Crippen LogP contribution in [0.5, 0.6) is 0 Å². The second-order valence-corrected chi connectivity index (χ2v) is 6.91. The molecular formula is C20H28N4O. The van der Waals surface area contributed by atoms with Gasteiger partial charge in [0.05, 0.1) is 6.20 Å². The van der Waals surface area contributed by atoms with E-state index in [-0.39, 0.29) is 5.91 Å². The number of aryl methyl sites for hydroxylation is 1.